The molecule has 0 spiro atoms. The van der Waals surface area contributed by atoms with Crippen molar-refractivity contribution in [1.82, 2.24) is 16.0 Å². The first-order valence-corrected chi connectivity index (χ1v) is 11.9. The van der Waals surface area contributed by atoms with Gasteiger partial charge in [-0.1, -0.05) is 59.7 Å². The summed E-state index contributed by atoms with van der Waals surface area (Å²) in [5.41, 5.74) is 0.435. The summed E-state index contributed by atoms with van der Waals surface area (Å²) in [5.74, 6) is -1.81. The summed E-state index contributed by atoms with van der Waals surface area (Å²) in [6.07, 6.45) is 1.25. The van der Waals surface area contributed by atoms with E-state index in [1.807, 2.05) is 41.5 Å². The molecule has 3 N–H and O–H groups in total. The standard InChI is InChI=1S/C26H39N3O5/c1-16(2)12-20(23(31)15-30)27-25(33)22(14-18(5)6)29-26(34)21(13-17(3)4)28-24(32)19-10-8-7-9-11-19/h7-11,15-18,20-22H,12-14H2,1-6H3,(H,27,33)(H,28,32)(H,29,34)/t20-,21-,22-/m0/s1. The second-order valence-corrected chi connectivity index (χ2v) is 9.92. The Morgan fingerprint density at radius 2 is 1.09 bits per heavy atom. The molecule has 8 heteroatoms. The number of carbonyl (C=O) groups excluding carboxylic acids is 5. The highest BCUT2D eigenvalue weighted by Crippen LogP contribution is 2.11. The predicted octanol–water partition coefficient (Wildman–Crippen LogP) is 2.66. The maximum Gasteiger partial charge on any atom is 0.251 e. The first kappa shape index (κ1) is 29.0. The number of rotatable bonds is 14. The van der Waals surface area contributed by atoms with Gasteiger partial charge in [0.1, 0.15) is 12.1 Å². The summed E-state index contributed by atoms with van der Waals surface area (Å²) in [5, 5.41) is 8.17. The van der Waals surface area contributed by atoms with Crippen LogP contribution in [0, 0.1) is 17.8 Å². The van der Waals surface area contributed by atoms with Gasteiger partial charge < -0.3 is 16.0 Å². The van der Waals surface area contributed by atoms with Crippen molar-refractivity contribution < 1.29 is 24.0 Å². The molecule has 0 aliphatic carbocycles. The normalized spacial score (nSPS) is 13.8. The lowest BCUT2D eigenvalue weighted by Gasteiger charge is -2.26. The Morgan fingerprint density at radius 1 is 0.676 bits per heavy atom. The van der Waals surface area contributed by atoms with E-state index in [0.717, 1.165) is 0 Å². The summed E-state index contributed by atoms with van der Waals surface area (Å²) in [6.45, 7) is 11.5. The maximum absolute atomic E-state index is 13.2. The third kappa shape index (κ3) is 10.3. The van der Waals surface area contributed by atoms with Crippen LogP contribution in [0.1, 0.15) is 71.2 Å². The van der Waals surface area contributed by atoms with Crippen LogP contribution in [-0.2, 0) is 19.2 Å². The second-order valence-electron chi connectivity index (χ2n) is 9.92. The van der Waals surface area contributed by atoms with Crippen LogP contribution < -0.4 is 16.0 Å². The van der Waals surface area contributed by atoms with Crippen molar-refractivity contribution in [3.63, 3.8) is 0 Å². The van der Waals surface area contributed by atoms with Crippen LogP contribution in [0.3, 0.4) is 0 Å². The molecule has 0 radical (unpaired) electrons. The third-order valence-electron chi connectivity index (χ3n) is 5.19. The fraction of sp³-hybridized carbons (Fsp3) is 0.577. The van der Waals surface area contributed by atoms with E-state index in [1.54, 1.807) is 30.3 Å². The van der Waals surface area contributed by atoms with E-state index in [2.05, 4.69) is 16.0 Å². The van der Waals surface area contributed by atoms with Crippen LogP contribution in [0.4, 0.5) is 0 Å². The molecule has 0 unspecified atom stereocenters. The third-order valence-corrected chi connectivity index (χ3v) is 5.19. The van der Waals surface area contributed by atoms with Gasteiger partial charge in [0.2, 0.25) is 17.6 Å². The molecule has 3 atom stereocenters. The van der Waals surface area contributed by atoms with Gasteiger partial charge in [-0.25, -0.2) is 0 Å². The highest BCUT2D eigenvalue weighted by atomic mass is 16.2. The van der Waals surface area contributed by atoms with Crippen LogP contribution in [-0.4, -0.2) is 47.9 Å². The number of ketones is 1. The number of amides is 3. The van der Waals surface area contributed by atoms with Crippen molar-refractivity contribution in [3.8, 4) is 0 Å². The first-order chi connectivity index (χ1) is 15.9. The van der Waals surface area contributed by atoms with E-state index in [4.69, 9.17) is 0 Å². The number of carbonyl (C=O) groups is 5. The van der Waals surface area contributed by atoms with Crippen molar-refractivity contribution in [1.29, 1.82) is 0 Å². The Hall–Kier alpha value is -3.03. The number of benzene rings is 1. The quantitative estimate of drug-likeness (QED) is 0.283. The zero-order valence-corrected chi connectivity index (χ0v) is 21.1. The zero-order chi connectivity index (χ0) is 25.8. The monoisotopic (exact) mass is 473 g/mol. The molecule has 0 aliphatic rings. The maximum atomic E-state index is 13.2. The van der Waals surface area contributed by atoms with Crippen molar-refractivity contribution >= 4 is 29.8 Å². The molecule has 1 aromatic rings. The summed E-state index contributed by atoms with van der Waals surface area (Å²) >= 11 is 0. The topological polar surface area (TPSA) is 121 Å². The average molecular weight is 474 g/mol. The van der Waals surface area contributed by atoms with Gasteiger partial charge >= 0.3 is 0 Å². The molecule has 0 bridgehead atoms. The molecule has 0 aromatic heterocycles. The van der Waals surface area contributed by atoms with Crippen LogP contribution in [0.5, 0.6) is 0 Å². The number of aldehydes is 1. The Balaban J connectivity index is 3.03. The van der Waals surface area contributed by atoms with Crippen molar-refractivity contribution in [2.24, 2.45) is 17.8 Å². The molecule has 188 valence electrons. The van der Waals surface area contributed by atoms with Crippen molar-refractivity contribution in [3.05, 3.63) is 35.9 Å². The molecule has 34 heavy (non-hydrogen) atoms. The lowest BCUT2D eigenvalue weighted by molar-refractivity contribution is -0.135. The summed E-state index contributed by atoms with van der Waals surface area (Å²) in [7, 11) is 0. The minimum Gasteiger partial charge on any atom is -0.344 e. The van der Waals surface area contributed by atoms with Crippen LogP contribution in [0.25, 0.3) is 0 Å². The van der Waals surface area contributed by atoms with E-state index < -0.39 is 35.7 Å². The number of Topliss-reactive ketones (excluding diaryl/α,β-unsaturated/α-hetero) is 1. The van der Waals surface area contributed by atoms with E-state index in [0.29, 0.717) is 24.8 Å². The summed E-state index contributed by atoms with van der Waals surface area (Å²) < 4.78 is 0. The lowest BCUT2D eigenvalue weighted by Crippen LogP contribution is -2.56. The molecule has 8 nitrogen and oxygen atoms in total. The number of nitrogens with one attached hydrogen (secondary N) is 3. The highest BCUT2D eigenvalue weighted by Gasteiger charge is 2.30. The Kier molecular flexibility index (Phi) is 12.2. The van der Waals surface area contributed by atoms with Gasteiger partial charge in [0.05, 0.1) is 6.04 Å². The number of hydrogen-bond donors (Lipinski definition) is 3. The summed E-state index contributed by atoms with van der Waals surface area (Å²) in [6, 6.07) is 5.91. The SMILES string of the molecule is CC(C)C[C@H](NC(=O)[C@H](CC(C)C)NC(=O)[C@H](CC(C)C)NC(=O)c1ccccc1)C(=O)C=O. The lowest BCUT2D eigenvalue weighted by atomic mass is 9.98. The molecular formula is C26H39N3O5. The number of hydrogen-bond acceptors (Lipinski definition) is 5. The van der Waals surface area contributed by atoms with E-state index in [-0.39, 0.29) is 29.9 Å². The molecule has 3 amide bonds. The second kappa shape index (κ2) is 14.3. The van der Waals surface area contributed by atoms with Crippen molar-refractivity contribution in [2.75, 3.05) is 0 Å². The van der Waals surface area contributed by atoms with Gasteiger partial charge in [-0.2, -0.15) is 0 Å². The van der Waals surface area contributed by atoms with E-state index >= 15 is 0 Å². The molecule has 0 heterocycles. The molecular weight excluding hydrogens is 434 g/mol. The van der Waals surface area contributed by atoms with Crippen molar-refractivity contribution in [2.45, 2.75) is 78.9 Å². The molecule has 0 fully saturated rings. The van der Waals surface area contributed by atoms with Crippen LogP contribution >= 0.6 is 0 Å². The average Bonchev–Trinajstić information content (AvgIpc) is 2.76. The summed E-state index contributed by atoms with van der Waals surface area (Å²) in [4.78, 5) is 61.9. The van der Waals surface area contributed by atoms with E-state index in [1.165, 1.54) is 0 Å². The Morgan fingerprint density at radius 3 is 1.53 bits per heavy atom. The van der Waals surface area contributed by atoms with E-state index in [9.17, 15) is 24.0 Å². The zero-order valence-electron chi connectivity index (χ0n) is 21.1. The van der Waals surface area contributed by atoms with Gasteiger partial charge in [-0.15, -0.1) is 0 Å². The molecule has 1 aromatic carbocycles. The molecule has 0 saturated carbocycles. The fourth-order valence-corrected chi connectivity index (χ4v) is 3.58. The van der Waals surface area contributed by atoms with Gasteiger partial charge in [-0.3, -0.25) is 24.0 Å². The van der Waals surface area contributed by atoms with Gasteiger partial charge in [-0.05, 0) is 49.1 Å². The predicted molar refractivity (Wildman–Crippen MR) is 131 cm³/mol. The Bertz CT molecular complexity index is 836. The Labute approximate surface area is 202 Å². The largest absolute Gasteiger partial charge is 0.344 e. The van der Waals surface area contributed by atoms with Gasteiger partial charge in [0, 0.05) is 5.56 Å². The first-order valence-electron chi connectivity index (χ1n) is 11.9. The minimum atomic E-state index is -0.944. The molecule has 1 rings (SSSR count). The van der Waals surface area contributed by atoms with Crippen LogP contribution in [0.15, 0.2) is 30.3 Å². The fourth-order valence-electron chi connectivity index (χ4n) is 3.58. The molecule has 0 saturated heterocycles. The van der Waals surface area contributed by atoms with Gasteiger partial charge in [0.25, 0.3) is 5.91 Å². The van der Waals surface area contributed by atoms with Crippen LogP contribution in [0.2, 0.25) is 0 Å². The minimum absolute atomic E-state index is 0.0730. The smallest absolute Gasteiger partial charge is 0.251 e. The van der Waals surface area contributed by atoms with Gasteiger partial charge in [0.15, 0.2) is 6.29 Å². The molecule has 0 aliphatic heterocycles. The highest BCUT2D eigenvalue weighted by molar-refractivity contribution is 6.28.